The van der Waals surface area contributed by atoms with Gasteiger partial charge in [0.1, 0.15) is 17.8 Å². The van der Waals surface area contributed by atoms with Gasteiger partial charge in [-0.2, -0.15) is 0 Å². The van der Waals surface area contributed by atoms with E-state index in [2.05, 4.69) is 9.24 Å². The number of carbonyl (C=O) groups excluding carboxylic acids is 1. The molecule has 1 atom stereocenters. The average molecular weight is 386 g/mol. The van der Waals surface area contributed by atoms with Crippen LogP contribution in [0.3, 0.4) is 0 Å². The number of rotatable bonds is 8. The zero-order valence-corrected chi connectivity index (χ0v) is 16.9. The molecule has 2 aromatic rings. The van der Waals surface area contributed by atoms with E-state index in [4.69, 9.17) is 9.39 Å². The van der Waals surface area contributed by atoms with Gasteiger partial charge >= 0.3 is 7.48 Å². The van der Waals surface area contributed by atoms with Crippen LogP contribution in [-0.4, -0.2) is 29.4 Å². The molecular formula is C19H22BNO5P. The van der Waals surface area contributed by atoms with Crippen molar-refractivity contribution in [2.24, 2.45) is 0 Å². The molecule has 0 saturated carbocycles. The van der Waals surface area contributed by atoms with E-state index in [9.17, 15) is 14.9 Å². The highest BCUT2D eigenvalue weighted by atomic mass is 31.0. The second kappa shape index (κ2) is 8.20. The number of hydrogen-bond donors (Lipinski definition) is 0. The molecule has 0 aromatic heterocycles. The third kappa shape index (κ3) is 5.38. The Morgan fingerprint density at radius 3 is 2.37 bits per heavy atom. The Labute approximate surface area is 161 Å². The molecule has 0 bridgehead atoms. The predicted octanol–water partition coefficient (Wildman–Crippen LogP) is 3.89. The van der Waals surface area contributed by atoms with E-state index in [0.717, 1.165) is 6.29 Å². The fourth-order valence-electron chi connectivity index (χ4n) is 1.99. The Bertz CT molecular complexity index is 848. The van der Waals surface area contributed by atoms with Crippen LogP contribution < -0.4 is 10.2 Å². The molecule has 0 aliphatic rings. The summed E-state index contributed by atoms with van der Waals surface area (Å²) >= 11 is 0. The number of nitrogens with zero attached hydrogens (tertiary/aromatic N) is 1. The number of aldehydes is 1. The molecule has 0 saturated heterocycles. The molecule has 0 aliphatic heterocycles. The third-order valence-corrected chi connectivity index (χ3v) is 5.18. The fourth-order valence-corrected chi connectivity index (χ4v) is 2.05. The van der Waals surface area contributed by atoms with E-state index in [0.29, 0.717) is 22.5 Å². The van der Waals surface area contributed by atoms with Gasteiger partial charge in [0.2, 0.25) is 0 Å². The molecule has 0 aliphatic carbocycles. The minimum atomic E-state index is -0.491. The summed E-state index contributed by atoms with van der Waals surface area (Å²) in [6.07, 6.45) is 0.741. The third-order valence-electron chi connectivity index (χ3n) is 4.48. The Morgan fingerprint density at radius 1 is 1.11 bits per heavy atom. The number of nitro benzene ring substituents is 1. The maximum absolute atomic E-state index is 11.3. The maximum Gasteiger partial charge on any atom is 0.331 e. The van der Waals surface area contributed by atoms with Crippen molar-refractivity contribution in [3.05, 3.63) is 58.1 Å². The zero-order chi connectivity index (χ0) is 20.2. The van der Waals surface area contributed by atoms with E-state index in [1.165, 1.54) is 19.6 Å². The van der Waals surface area contributed by atoms with Gasteiger partial charge in [-0.15, -0.1) is 9.24 Å². The summed E-state index contributed by atoms with van der Waals surface area (Å²) in [6.45, 7) is 7.99. The molecule has 27 heavy (non-hydrogen) atoms. The van der Waals surface area contributed by atoms with Crippen LogP contribution in [0.25, 0.3) is 0 Å². The molecule has 0 amide bonds. The van der Waals surface area contributed by atoms with E-state index in [1.54, 1.807) is 30.3 Å². The number of carbonyl (C=O) groups is 1. The summed E-state index contributed by atoms with van der Waals surface area (Å²) in [6, 6.07) is 10.8. The number of benzene rings is 2. The summed E-state index contributed by atoms with van der Waals surface area (Å²) in [5, 5.41) is 10.7. The largest absolute Gasteiger partial charge is 0.457 e. The zero-order valence-electron chi connectivity index (χ0n) is 15.8. The van der Waals surface area contributed by atoms with E-state index < -0.39 is 10.5 Å². The Kier molecular flexibility index (Phi) is 6.40. The van der Waals surface area contributed by atoms with Gasteiger partial charge in [-0.05, 0) is 43.6 Å². The van der Waals surface area contributed by atoms with Crippen molar-refractivity contribution in [2.45, 2.75) is 38.5 Å². The highest BCUT2D eigenvalue weighted by Gasteiger charge is 2.34. The summed E-state index contributed by atoms with van der Waals surface area (Å²) in [4.78, 5) is 21.7. The highest BCUT2D eigenvalue weighted by Crippen LogP contribution is 2.33. The first-order valence-electron chi connectivity index (χ1n) is 8.35. The van der Waals surface area contributed by atoms with Gasteiger partial charge in [0.15, 0.2) is 0 Å². The Hall–Kier alpha value is -2.24. The fraction of sp³-hybridized carbons (Fsp3) is 0.316. The van der Waals surface area contributed by atoms with Crippen molar-refractivity contribution in [3.8, 4) is 11.5 Å². The van der Waals surface area contributed by atoms with Gasteiger partial charge in [-0.1, -0.05) is 19.9 Å². The lowest BCUT2D eigenvalue weighted by Crippen LogP contribution is -2.45. The molecule has 0 heterocycles. The van der Waals surface area contributed by atoms with Crippen molar-refractivity contribution >= 4 is 34.2 Å². The lowest BCUT2D eigenvalue weighted by atomic mass is 9.81. The number of ether oxygens (including phenoxy) is 1. The van der Waals surface area contributed by atoms with E-state index in [1.807, 2.05) is 27.7 Å². The van der Waals surface area contributed by atoms with Gasteiger partial charge < -0.3 is 9.39 Å². The van der Waals surface area contributed by atoms with Crippen molar-refractivity contribution in [2.75, 3.05) is 0 Å². The molecule has 141 valence electrons. The van der Waals surface area contributed by atoms with Crippen LogP contribution in [-0.2, 0) is 4.65 Å². The Morgan fingerprint density at radius 2 is 1.78 bits per heavy atom. The van der Waals surface area contributed by atoms with Gasteiger partial charge in [-0.3, -0.25) is 14.9 Å². The van der Waals surface area contributed by atoms with Crippen LogP contribution in [0, 0.1) is 10.1 Å². The molecule has 2 aromatic carbocycles. The van der Waals surface area contributed by atoms with E-state index >= 15 is 0 Å². The van der Waals surface area contributed by atoms with Crippen LogP contribution in [0.15, 0.2) is 42.5 Å². The molecular weight excluding hydrogens is 364 g/mol. The first kappa shape index (κ1) is 21.1. The monoisotopic (exact) mass is 386 g/mol. The predicted molar refractivity (Wildman–Crippen MR) is 109 cm³/mol. The molecule has 6 nitrogen and oxygen atoms in total. The lowest BCUT2D eigenvalue weighted by molar-refractivity contribution is -0.384. The minimum Gasteiger partial charge on any atom is -0.457 e. The average Bonchev–Trinajstić information content (AvgIpc) is 2.59. The maximum atomic E-state index is 11.3. The standard InChI is InChI=1S/C19H22BNO5P/c1-18(2,19(3,4)27)26-20-17-11-16(9-8-13(17)12-22)25-15-7-5-6-14(10-15)21(23)24/h5-12H,27H2,1-4H3. The summed E-state index contributed by atoms with van der Waals surface area (Å²) in [5.74, 6) is 0.778. The summed E-state index contributed by atoms with van der Waals surface area (Å²) in [5.41, 5.74) is 0.472. The van der Waals surface area contributed by atoms with Crippen LogP contribution >= 0.6 is 9.24 Å². The van der Waals surface area contributed by atoms with Crippen LogP contribution in [0.5, 0.6) is 11.5 Å². The van der Waals surface area contributed by atoms with E-state index in [-0.39, 0.29) is 10.8 Å². The molecule has 0 fully saturated rings. The van der Waals surface area contributed by atoms with Gasteiger partial charge in [0.05, 0.1) is 16.6 Å². The second-order valence-electron chi connectivity index (χ2n) is 7.23. The van der Waals surface area contributed by atoms with Crippen LogP contribution in [0.2, 0.25) is 0 Å². The normalized spacial score (nSPS) is 11.7. The van der Waals surface area contributed by atoms with Crippen LogP contribution in [0.4, 0.5) is 5.69 Å². The molecule has 1 unspecified atom stereocenters. The Balaban J connectivity index is 2.23. The number of non-ortho nitro benzene ring substituents is 1. The van der Waals surface area contributed by atoms with Gasteiger partial charge in [0, 0.05) is 16.8 Å². The van der Waals surface area contributed by atoms with Gasteiger partial charge in [0.25, 0.3) is 5.69 Å². The topological polar surface area (TPSA) is 78.7 Å². The summed E-state index contributed by atoms with van der Waals surface area (Å²) < 4.78 is 11.6. The molecule has 8 heteroatoms. The smallest absolute Gasteiger partial charge is 0.331 e. The second-order valence-corrected chi connectivity index (χ2v) is 8.68. The minimum absolute atomic E-state index is 0.0587. The highest BCUT2D eigenvalue weighted by molar-refractivity contribution is 7.19. The van der Waals surface area contributed by atoms with Crippen molar-refractivity contribution in [1.29, 1.82) is 0 Å². The first-order valence-corrected chi connectivity index (χ1v) is 8.93. The van der Waals surface area contributed by atoms with Crippen molar-refractivity contribution in [3.63, 3.8) is 0 Å². The molecule has 2 rings (SSSR count). The lowest BCUT2D eigenvalue weighted by Gasteiger charge is -2.39. The number of hydrogen-bond acceptors (Lipinski definition) is 5. The quantitative estimate of drug-likeness (QED) is 0.226. The molecule has 0 N–H and O–H groups in total. The summed E-state index contributed by atoms with van der Waals surface area (Å²) in [7, 11) is 4.29. The first-order chi connectivity index (χ1) is 12.5. The molecule has 1 radical (unpaired) electrons. The number of nitro groups is 1. The van der Waals surface area contributed by atoms with Gasteiger partial charge in [-0.25, -0.2) is 0 Å². The molecule has 0 spiro atoms. The SMILES string of the molecule is CC(C)(P)C(C)(C)O[B]c1cc(Oc2cccc([N+](=O)[O-])c2)ccc1C=O. The van der Waals surface area contributed by atoms with Crippen molar-refractivity contribution in [1.82, 2.24) is 0 Å². The van der Waals surface area contributed by atoms with Crippen molar-refractivity contribution < 1.29 is 19.1 Å². The van der Waals surface area contributed by atoms with Crippen LogP contribution in [0.1, 0.15) is 38.1 Å².